The topological polar surface area (TPSA) is 59.4 Å². The van der Waals surface area contributed by atoms with Crippen molar-refractivity contribution in [3.8, 4) is 5.69 Å². The van der Waals surface area contributed by atoms with E-state index < -0.39 is 34.8 Å². The van der Waals surface area contributed by atoms with Crippen molar-refractivity contribution in [2.75, 3.05) is 13.1 Å². The minimum absolute atomic E-state index is 0.0344. The Morgan fingerprint density at radius 3 is 2.34 bits per heavy atom. The average molecular weight is 491 g/mol. The molecule has 10 heteroatoms. The highest BCUT2D eigenvalue weighted by molar-refractivity contribution is 5.95. The van der Waals surface area contributed by atoms with Crippen molar-refractivity contribution in [1.82, 2.24) is 20.0 Å². The maximum Gasteiger partial charge on any atom is 0.434 e. The van der Waals surface area contributed by atoms with Crippen LogP contribution in [-0.2, 0) is 24.0 Å². The smallest absolute Gasteiger partial charge is 0.373 e. The second-order valence-corrected chi connectivity index (χ2v) is 8.67. The number of aromatic nitrogens is 2. The molecule has 1 aliphatic rings. The highest BCUT2D eigenvalue weighted by atomic mass is 19.4. The number of hydrogen-bond donors (Lipinski definition) is 1. The van der Waals surface area contributed by atoms with Crippen LogP contribution in [0.4, 0.5) is 17.6 Å². The summed E-state index contributed by atoms with van der Waals surface area (Å²) in [6.07, 6.45) is -3.92. The van der Waals surface area contributed by atoms with Gasteiger partial charge in [-0.15, -0.1) is 0 Å². The van der Waals surface area contributed by atoms with E-state index >= 15 is 0 Å². The minimum atomic E-state index is -4.92. The molecule has 0 radical (unpaired) electrons. The number of amides is 1. The van der Waals surface area contributed by atoms with Crippen LogP contribution in [0.25, 0.3) is 5.69 Å². The summed E-state index contributed by atoms with van der Waals surface area (Å²) in [5, 5.41) is 6.25. The molecule has 0 saturated carbocycles. The Bertz CT molecular complexity index is 1180. The lowest BCUT2D eigenvalue weighted by molar-refractivity contribution is -0.143. The fourth-order valence-corrected chi connectivity index (χ4v) is 4.40. The normalized spacial score (nSPS) is 19.0. The lowest BCUT2D eigenvalue weighted by atomic mass is 10.1. The van der Waals surface area contributed by atoms with Gasteiger partial charge in [-0.25, -0.2) is 9.07 Å². The number of nitrogens with one attached hydrogen (secondary N) is 1. The van der Waals surface area contributed by atoms with Gasteiger partial charge in [0.15, 0.2) is 5.69 Å². The van der Waals surface area contributed by atoms with E-state index in [2.05, 4.69) is 15.3 Å². The average Bonchev–Trinajstić information content (AvgIpc) is 3.24. The maximum absolute atomic E-state index is 14.2. The zero-order valence-electron chi connectivity index (χ0n) is 19.3. The molecular formula is C25H26F4N4O2. The van der Waals surface area contributed by atoms with E-state index in [-0.39, 0.29) is 18.8 Å². The van der Waals surface area contributed by atoms with Crippen LogP contribution in [0.1, 0.15) is 41.0 Å². The summed E-state index contributed by atoms with van der Waals surface area (Å²) >= 11 is 0. The third-order valence-corrected chi connectivity index (χ3v) is 5.81. The summed E-state index contributed by atoms with van der Waals surface area (Å²) in [4.78, 5) is 15.1. The SMILES string of the molecule is CC1CN(Cc2ccccc2CNC(=O)c2cnn(-c3ccccc3F)c2C(F)(F)F)CC(C)O1. The fraction of sp³-hybridized carbons (Fsp3) is 0.360. The van der Waals surface area contributed by atoms with Crippen LogP contribution in [0, 0.1) is 5.82 Å². The summed E-state index contributed by atoms with van der Waals surface area (Å²) in [6.45, 7) is 6.20. The molecule has 2 atom stereocenters. The van der Waals surface area contributed by atoms with Gasteiger partial charge in [-0.1, -0.05) is 36.4 Å². The molecule has 0 spiro atoms. The van der Waals surface area contributed by atoms with E-state index in [4.69, 9.17) is 4.74 Å². The Kier molecular flexibility index (Phi) is 7.23. The molecule has 6 nitrogen and oxygen atoms in total. The van der Waals surface area contributed by atoms with Gasteiger partial charge in [0, 0.05) is 26.2 Å². The number of carbonyl (C=O) groups is 1. The van der Waals surface area contributed by atoms with Gasteiger partial charge in [0.05, 0.1) is 24.0 Å². The molecule has 0 bridgehead atoms. The van der Waals surface area contributed by atoms with E-state index in [1.165, 1.54) is 18.2 Å². The molecule has 1 amide bonds. The third-order valence-electron chi connectivity index (χ3n) is 5.81. The monoisotopic (exact) mass is 490 g/mol. The van der Waals surface area contributed by atoms with Crippen molar-refractivity contribution in [2.45, 2.75) is 45.3 Å². The number of rotatable bonds is 6. The Morgan fingerprint density at radius 2 is 1.69 bits per heavy atom. The van der Waals surface area contributed by atoms with Crippen LogP contribution in [-0.4, -0.2) is 45.9 Å². The number of halogens is 4. The molecule has 0 aliphatic carbocycles. The summed E-state index contributed by atoms with van der Waals surface area (Å²) in [5.74, 6) is -1.82. The van der Waals surface area contributed by atoms with Gasteiger partial charge in [-0.05, 0) is 37.1 Å². The van der Waals surface area contributed by atoms with Gasteiger partial charge >= 0.3 is 6.18 Å². The number of hydrogen-bond acceptors (Lipinski definition) is 4. The number of benzene rings is 2. The summed E-state index contributed by atoms with van der Waals surface area (Å²) < 4.78 is 62.0. The van der Waals surface area contributed by atoms with Crippen LogP contribution in [0.3, 0.4) is 0 Å². The van der Waals surface area contributed by atoms with Crippen molar-refractivity contribution in [3.63, 3.8) is 0 Å². The molecule has 1 fully saturated rings. The van der Waals surface area contributed by atoms with Gasteiger partial charge in [0.2, 0.25) is 0 Å². The molecule has 1 N–H and O–H groups in total. The van der Waals surface area contributed by atoms with Crippen LogP contribution < -0.4 is 5.32 Å². The summed E-state index contributed by atoms with van der Waals surface area (Å²) in [5.41, 5.74) is -0.633. The van der Waals surface area contributed by atoms with E-state index in [1.54, 1.807) is 0 Å². The van der Waals surface area contributed by atoms with Gasteiger partial charge < -0.3 is 10.1 Å². The van der Waals surface area contributed by atoms with Crippen molar-refractivity contribution in [1.29, 1.82) is 0 Å². The summed E-state index contributed by atoms with van der Waals surface area (Å²) in [7, 11) is 0. The van der Waals surface area contributed by atoms with Gasteiger partial charge in [-0.2, -0.15) is 18.3 Å². The Labute approximate surface area is 200 Å². The third kappa shape index (κ3) is 5.71. The lowest BCUT2D eigenvalue weighted by Crippen LogP contribution is -2.45. The number of alkyl halides is 3. The number of carbonyl (C=O) groups excluding carboxylic acids is 1. The first-order chi connectivity index (χ1) is 16.6. The largest absolute Gasteiger partial charge is 0.434 e. The molecule has 4 rings (SSSR count). The van der Waals surface area contributed by atoms with Crippen LogP contribution in [0.2, 0.25) is 0 Å². The van der Waals surface area contributed by atoms with Crippen LogP contribution >= 0.6 is 0 Å². The standard InChI is InChI=1S/C25H26F4N4O2/c1-16-13-32(14-17(2)35-16)15-19-8-4-3-7-18(19)11-30-24(34)20-12-31-33(23(20)25(27,28)29)22-10-6-5-9-21(22)26/h3-10,12,16-17H,11,13-15H2,1-2H3,(H,30,34). The predicted octanol–water partition coefficient (Wildman–Crippen LogP) is 4.57. The molecule has 35 heavy (non-hydrogen) atoms. The highest BCUT2D eigenvalue weighted by Crippen LogP contribution is 2.34. The molecule has 2 heterocycles. The van der Waals surface area contributed by atoms with E-state index in [9.17, 15) is 22.4 Å². The number of para-hydroxylation sites is 1. The molecule has 2 unspecified atom stereocenters. The molecule has 1 saturated heterocycles. The molecule has 2 aromatic carbocycles. The molecule has 1 aliphatic heterocycles. The number of ether oxygens (including phenoxy) is 1. The first-order valence-electron chi connectivity index (χ1n) is 11.3. The number of morpholine rings is 1. The Balaban J connectivity index is 1.54. The van der Waals surface area contributed by atoms with Crippen molar-refractivity contribution < 1.29 is 27.1 Å². The quantitative estimate of drug-likeness (QED) is 0.515. The van der Waals surface area contributed by atoms with E-state index in [1.807, 2.05) is 38.1 Å². The zero-order chi connectivity index (χ0) is 25.2. The van der Waals surface area contributed by atoms with Gasteiger partial charge in [0.25, 0.3) is 5.91 Å². The Morgan fingerprint density at radius 1 is 1.06 bits per heavy atom. The van der Waals surface area contributed by atoms with Crippen molar-refractivity contribution in [3.05, 3.63) is 82.9 Å². The first-order valence-corrected chi connectivity index (χ1v) is 11.3. The Hall–Kier alpha value is -3.24. The van der Waals surface area contributed by atoms with Gasteiger partial charge in [0.1, 0.15) is 11.5 Å². The second-order valence-electron chi connectivity index (χ2n) is 8.67. The molecular weight excluding hydrogens is 464 g/mol. The first kappa shape index (κ1) is 24.9. The highest BCUT2D eigenvalue weighted by Gasteiger charge is 2.41. The van der Waals surface area contributed by atoms with E-state index in [0.29, 0.717) is 11.2 Å². The maximum atomic E-state index is 14.2. The summed E-state index contributed by atoms with van der Waals surface area (Å²) in [6, 6.07) is 12.4. The molecule has 186 valence electrons. The predicted molar refractivity (Wildman–Crippen MR) is 121 cm³/mol. The number of nitrogens with zero attached hydrogens (tertiary/aromatic N) is 3. The lowest BCUT2D eigenvalue weighted by Gasteiger charge is -2.35. The molecule has 1 aromatic heterocycles. The minimum Gasteiger partial charge on any atom is -0.373 e. The van der Waals surface area contributed by atoms with Crippen molar-refractivity contribution >= 4 is 5.91 Å². The van der Waals surface area contributed by atoms with Crippen LogP contribution in [0.15, 0.2) is 54.7 Å². The van der Waals surface area contributed by atoms with Crippen molar-refractivity contribution in [2.24, 2.45) is 0 Å². The molecule has 3 aromatic rings. The second kappa shape index (κ2) is 10.2. The van der Waals surface area contributed by atoms with Gasteiger partial charge in [-0.3, -0.25) is 9.69 Å². The van der Waals surface area contributed by atoms with E-state index in [0.717, 1.165) is 36.5 Å². The fourth-order valence-electron chi connectivity index (χ4n) is 4.40. The van der Waals surface area contributed by atoms with Crippen LogP contribution in [0.5, 0.6) is 0 Å². The zero-order valence-corrected chi connectivity index (χ0v) is 19.3.